The molecule has 2 fully saturated rings. The van der Waals surface area contributed by atoms with E-state index in [9.17, 15) is 23.1 Å². The fraction of sp³-hybridized carbons (Fsp3) is 0.361. The molecule has 0 radical (unpaired) electrons. The number of nitrogens with zero attached hydrogens (tertiary/aromatic N) is 7. The Balaban J connectivity index is 0.973. The van der Waals surface area contributed by atoms with Gasteiger partial charge in [0.1, 0.15) is 12.6 Å². The number of nitrogens with one attached hydrogen (secondary N) is 1. The Morgan fingerprint density at radius 2 is 1.82 bits per heavy atom. The number of hydrogen-bond donors (Lipinski definition) is 3. The minimum Gasteiger partial charge on any atom is -0.398 e. The van der Waals surface area contributed by atoms with Gasteiger partial charge in [-0.15, -0.1) is 0 Å². The van der Waals surface area contributed by atoms with Gasteiger partial charge in [0.25, 0.3) is 0 Å². The van der Waals surface area contributed by atoms with Crippen LogP contribution in [0.3, 0.4) is 0 Å². The molecule has 2 atom stereocenters. The average Bonchev–Trinajstić information content (AvgIpc) is 3.83. The second-order valence-corrected chi connectivity index (χ2v) is 13.3. The molecule has 1 unspecified atom stereocenters. The minimum absolute atomic E-state index is 0.0496. The number of pyridine rings is 1. The van der Waals surface area contributed by atoms with Gasteiger partial charge in [-0.3, -0.25) is 24.8 Å². The van der Waals surface area contributed by atoms with Gasteiger partial charge in [-0.1, -0.05) is 30.3 Å². The summed E-state index contributed by atoms with van der Waals surface area (Å²) in [4.78, 5) is 27.3. The number of aliphatic hydroxyl groups excluding tert-OH is 1. The van der Waals surface area contributed by atoms with E-state index in [-0.39, 0.29) is 29.3 Å². The van der Waals surface area contributed by atoms with Crippen molar-refractivity contribution >= 4 is 28.6 Å². The molecular weight excluding hydrogens is 647 g/mol. The second-order valence-electron chi connectivity index (χ2n) is 13.3. The Labute approximate surface area is 287 Å². The molecule has 5 heterocycles. The highest BCUT2D eigenvalue weighted by Crippen LogP contribution is 2.45. The van der Waals surface area contributed by atoms with Crippen LogP contribution in [0.15, 0.2) is 73.3 Å². The molecule has 0 aliphatic carbocycles. The fourth-order valence-electron chi connectivity index (χ4n) is 7.41. The summed E-state index contributed by atoms with van der Waals surface area (Å²) < 4.78 is 42.8. The standard InChI is InChI=1S/C36H38F3N9O2/c1-45-22-43-33(44-45)25-4-2-23(3-5-25)24-9-14-47(15-10-24)31(49)20-46-16-11-35(21-46)12-17-48(34(35)50)26-6-7-30(40)27(18-26)32(41)28-19-42-13-8-29(28)36(37,38)39/h2-9,13,18-19,22,34,41,50H,10-12,14-17,20-21,40H2,1H3/t34?,35-/m0/s1. The van der Waals surface area contributed by atoms with Gasteiger partial charge in [-0.05, 0) is 61.2 Å². The van der Waals surface area contributed by atoms with E-state index in [2.05, 4.69) is 38.2 Å². The maximum Gasteiger partial charge on any atom is 0.417 e. The number of anilines is 2. The molecule has 11 nitrogen and oxygen atoms in total. The van der Waals surface area contributed by atoms with E-state index in [4.69, 9.17) is 11.1 Å². The maximum atomic E-state index is 13.7. The van der Waals surface area contributed by atoms with Crippen LogP contribution in [-0.4, -0.2) is 91.8 Å². The van der Waals surface area contributed by atoms with Gasteiger partial charge in [0, 0.05) is 79.1 Å². The lowest BCUT2D eigenvalue weighted by atomic mass is 9.84. The lowest BCUT2D eigenvalue weighted by molar-refractivity contribution is -0.137. The molecule has 7 rings (SSSR count). The number of likely N-dealkylation sites (tertiary alicyclic amines) is 1. The van der Waals surface area contributed by atoms with E-state index in [1.54, 1.807) is 29.2 Å². The van der Waals surface area contributed by atoms with E-state index in [0.717, 1.165) is 36.0 Å². The van der Waals surface area contributed by atoms with Crippen molar-refractivity contribution in [2.24, 2.45) is 12.5 Å². The number of aromatic nitrogens is 4. The lowest BCUT2D eigenvalue weighted by Gasteiger charge is -2.33. The summed E-state index contributed by atoms with van der Waals surface area (Å²) in [6.45, 7) is 3.15. The monoisotopic (exact) mass is 685 g/mol. The van der Waals surface area contributed by atoms with Crippen LogP contribution in [0.4, 0.5) is 24.5 Å². The molecule has 3 aliphatic rings. The van der Waals surface area contributed by atoms with E-state index < -0.39 is 29.1 Å². The molecule has 0 saturated carbocycles. The van der Waals surface area contributed by atoms with E-state index in [1.165, 1.54) is 5.57 Å². The van der Waals surface area contributed by atoms with Crippen molar-refractivity contribution in [1.82, 2.24) is 29.5 Å². The molecule has 3 aliphatic heterocycles. The molecule has 1 spiro atoms. The summed E-state index contributed by atoms with van der Waals surface area (Å²) in [6, 6.07) is 13.8. The van der Waals surface area contributed by atoms with Gasteiger partial charge in [-0.25, -0.2) is 4.98 Å². The van der Waals surface area contributed by atoms with E-state index in [1.807, 2.05) is 29.0 Å². The van der Waals surface area contributed by atoms with Crippen molar-refractivity contribution < 1.29 is 23.1 Å². The Hall–Kier alpha value is -5.08. The molecular formula is C36H38F3N9O2. The lowest BCUT2D eigenvalue weighted by Crippen LogP contribution is -2.44. The van der Waals surface area contributed by atoms with Crippen LogP contribution in [0.2, 0.25) is 0 Å². The summed E-state index contributed by atoms with van der Waals surface area (Å²) in [6.07, 6.45) is 2.44. The molecule has 50 heavy (non-hydrogen) atoms. The summed E-state index contributed by atoms with van der Waals surface area (Å²) in [5.74, 6) is 0.729. The molecule has 14 heteroatoms. The number of benzene rings is 2. The molecule has 2 aromatic carbocycles. The Bertz CT molecular complexity index is 1960. The van der Waals surface area contributed by atoms with Gasteiger partial charge in [0.05, 0.1) is 17.8 Å². The van der Waals surface area contributed by atoms with Crippen LogP contribution < -0.4 is 10.6 Å². The Morgan fingerprint density at radius 3 is 2.52 bits per heavy atom. The van der Waals surface area contributed by atoms with Gasteiger partial charge >= 0.3 is 6.18 Å². The van der Waals surface area contributed by atoms with E-state index in [0.29, 0.717) is 57.1 Å². The summed E-state index contributed by atoms with van der Waals surface area (Å²) >= 11 is 0. The molecule has 2 aromatic heterocycles. The number of alkyl halides is 3. The molecule has 1 amide bonds. The summed E-state index contributed by atoms with van der Waals surface area (Å²) in [5, 5.41) is 24.6. The normalized spacial score (nSPS) is 21.2. The first-order valence-electron chi connectivity index (χ1n) is 16.5. The van der Waals surface area contributed by atoms with Crippen molar-refractivity contribution in [2.75, 3.05) is 49.9 Å². The van der Waals surface area contributed by atoms with Crippen LogP contribution in [0.25, 0.3) is 17.0 Å². The predicted octanol–water partition coefficient (Wildman–Crippen LogP) is 4.43. The number of carbonyl (C=O) groups is 1. The van der Waals surface area contributed by atoms with Gasteiger partial charge in [0.15, 0.2) is 5.82 Å². The van der Waals surface area contributed by atoms with Crippen molar-refractivity contribution in [2.45, 2.75) is 31.7 Å². The smallest absolute Gasteiger partial charge is 0.398 e. The number of carbonyl (C=O) groups excluding carboxylic acids is 1. The molecule has 260 valence electrons. The van der Waals surface area contributed by atoms with Crippen LogP contribution in [0.5, 0.6) is 0 Å². The zero-order valence-corrected chi connectivity index (χ0v) is 27.6. The third-order valence-corrected chi connectivity index (χ3v) is 10.2. The van der Waals surface area contributed by atoms with Gasteiger partial charge < -0.3 is 20.6 Å². The van der Waals surface area contributed by atoms with Crippen molar-refractivity contribution in [3.8, 4) is 11.4 Å². The molecule has 4 N–H and O–H groups in total. The summed E-state index contributed by atoms with van der Waals surface area (Å²) in [7, 11) is 1.83. The number of rotatable bonds is 7. The van der Waals surface area contributed by atoms with Crippen LogP contribution in [0.1, 0.15) is 41.5 Å². The highest BCUT2D eigenvalue weighted by Gasteiger charge is 2.51. The van der Waals surface area contributed by atoms with Gasteiger partial charge in [-0.2, -0.15) is 18.3 Å². The SMILES string of the molecule is Cn1cnc(-c2ccc(C3=CCN(C(=O)CN4CC[C@]5(CCN(c6ccc(N)c(C(=N)c7cnccc7C(F)(F)F)c6)C5O)C4)CC3)cc2)n1. The number of nitrogens with two attached hydrogens (primary N) is 1. The first-order chi connectivity index (χ1) is 23.9. The quantitative estimate of drug-likeness (QED) is 0.192. The number of aliphatic hydroxyl groups is 1. The van der Waals surface area contributed by atoms with Crippen LogP contribution >= 0.6 is 0 Å². The van der Waals surface area contributed by atoms with Crippen molar-refractivity contribution in [3.05, 3.63) is 95.6 Å². The highest BCUT2D eigenvalue weighted by atomic mass is 19.4. The second kappa shape index (κ2) is 13.0. The molecule has 0 bridgehead atoms. The number of aryl methyl sites for hydroxylation is 1. The zero-order chi connectivity index (χ0) is 35.2. The minimum atomic E-state index is -4.66. The highest BCUT2D eigenvalue weighted by molar-refractivity contribution is 6.15. The fourth-order valence-corrected chi connectivity index (χ4v) is 7.41. The van der Waals surface area contributed by atoms with E-state index >= 15 is 0 Å². The van der Waals surface area contributed by atoms with Crippen LogP contribution in [-0.2, 0) is 18.0 Å². The number of halogens is 3. The number of amides is 1. The zero-order valence-electron chi connectivity index (χ0n) is 27.6. The number of nitrogen functional groups attached to an aromatic ring is 1. The third kappa shape index (κ3) is 6.36. The predicted molar refractivity (Wildman–Crippen MR) is 183 cm³/mol. The maximum absolute atomic E-state index is 13.7. The van der Waals surface area contributed by atoms with Crippen molar-refractivity contribution in [3.63, 3.8) is 0 Å². The third-order valence-electron chi connectivity index (χ3n) is 10.2. The molecule has 2 saturated heterocycles. The molecule has 4 aromatic rings. The first kappa shape index (κ1) is 33.4. The Morgan fingerprint density at radius 1 is 1.06 bits per heavy atom. The summed E-state index contributed by atoms with van der Waals surface area (Å²) in [5.41, 5.74) is 8.07. The van der Waals surface area contributed by atoms with Crippen molar-refractivity contribution in [1.29, 1.82) is 5.41 Å². The number of hydrogen-bond acceptors (Lipinski definition) is 9. The largest absolute Gasteiger partial charge is 0.417 e. The topological polar surface area (TPSA) is 140 Å². The first-order valence-corrected chi connectivity index (χ1v) is 16.5. The van der Waals surface area contributed by atoms with Crippen LogP contribution in [0, 0.1) is 10.8 Å². The van der Waals surface area contributed by atoms with Gasteiger partial charge in [0.2, 0.25) is 5.91 Å². The Kier molecular flexibility index (Phi) is 8.68. The average molecular weight is 686 g/mol.